The van der Waals surface area contributed by atoms with Gasteiger partial charge in [0.05, 0.1) is 18.0 Å². The zero-order valence-electron chi connectivity index (χ0n) is 16.4. The van der Waals surface area contributed by atoms with Gasteiger partial charge in [-0.25, -0.2) is 8.42 Å². The van der Waals surface area contributed by atoms with Gasteiger partial charge in [0.25, 0.3) is 5.91 Å². The number of carbonyl (C=O) groups excluding carboxylic acids is 1. The molecule has 0 radical (unpaired) electrons. The molecule has 29 heavy (non-hydrogen) atoms. The van der Waals surface area contributed by atoms with Crippen molar-refractivity contribution in [3.05, 3.63) is 60.2 Å². The van der Waals surface area contributed by atoms with E-state index in [1.54, 1.807) is 36.4 Å². The number of anilines is 1. The first-order chi connectivity index (χ1) is 14.0. The minimum atomic E-state index is -3.67. The Bertz CT molecular complexity index is 954. The molecule has 1 saturated heterocycles. The summed E-state index contributed by atoms with van der Waals surface area (Å²) < 4.78 is 33.8. The van der Waals surface area contributed by atoms with Crippen LogP contribution in [0.25, 0.3) is 0 Å². The molecule has 0 aliphatic carbocycles. The molecule has 0 saturated carbocycles. The average molecular weight is 415 g/mol. The Kier molecular flexibility index (Phi) is 5.76. The van der Waals surface area contributed by atoms with Crippen molar-refractivity contribution in [1.29, 1.82) is 0 Å². The van der Waals surface area contributed by atoms with Crippen molar-refractivity contribution in [2.45, 2.75) is 37.5 Å². The number of para-hydroxylation sites is 2. The molecule has 154 valence electrons. The molecule has 2 aromatic rings. The van der Waals surface area contributed by atoms with Crippen molar-refractivity contribution < 1.29 is 17.9 Å². The van der Waals surface area contributed by atoms with Crippen molar-refractivity contribution in [2.75, 3.05) is 23.9 Å². The summed E-state index contributed by atoms with van der Waals surface area (Å²) in [5, 5.41) is 0. The SMILES string of the molecule is O=C(C1CN(S(=O)(=O)Cc2ccccc2)c2ccccc2O1)N1CCCCCC1. The normalized spacial score (nSPS) is 19.8. The first-order valence-electron chi connectivity index (χ1n) is 10.1. The van der Waals surface area contributed by atoms with E-state index in [4.69, 9.17) is 4.74 Å². The lowest BCUT2D eigenvalue weighted by molar-refractivity contribution is -0.138. The third-order valence-corrected chi connectivity index (χ3v) is 7.17. The topological polar surface area (TPSA) is 66.9 Å². The highest BCUT2D eigenvalue weighted by Gasteiger charge is 2.38. The minimum Gasteiger partial charge on any atom is -0.476 e. The van der Waals surface area contributed by atoms with Crippen LogP contribution in [0, 0.1) is 0 Å². The summed E-state index contributed by atoms with van der Waals surface area (Å²) in [6.07, 6.45) is 3.37. The monoisotopic (exact) mass is 414 g/mol. The second kappa shape index (κ2) is 8.45. The number of sulfonamides is 1. The van der Waals surface area contributed by atoms with E-state index in [0.717, 1.165) is 25.7 Å². The molecule has 2 aliphatic rings. The highest BCUT2D eigenvalue weighted by Crippen LogP contribution is 2.36. The van der Waals surface area contributed by atoms with Crippen molar-refractivity contribution in [3.8, 4) is 5.75 Å². The lowest BCUT2D eigenvalue weighted by Gasteiger charge is -2.36. The van der Waals surface area contributed by atoms with Crippen molar-refractivity contribution in [2.24, 2.45) is 0 Å². The Hall–Kier alpha value is -2.54. The van der Waals surface area contributed by atoms with Crippen molar-refractivity contribution >= 4 is 21.6 Å². The quantitative estimate of drug-likeness (QED) is 0.771. The number of benzene rings is 2. The van der Waals surface area contributed by atoms with E-state index < -0.39 is 16.1 Å². The lowest BCUT2D eigenvalue weighted by atomic mass is 10.2. The smallest absolute Gasteiger partial charge is 0.265 e. The molecule has 2 aromatic carbocycles. The van der Waals surface area contributed by atoms with Gasteiger partial charge in [0.15, 0.2) is 6.10 Å². The second-order valence-corrected chi connectivity index (χ2v) is 9.48. The van der Waals surface area contributed by atoms with Crippen LogP contribution in [0.4, 0.5) is 5.69 Å². The third-order valence-electron chi connectivity index (χ3n) is 5.46. The fraction of sp³-hybridized carbons (Fsp3) is 0.409. The van der Waals surface area contributed by atoms with Crippen LogP contribution < -0.4 is 9.04 Å². The van der Waals surface area contributed by atoms with E-state index in [2.05, 4.69) is 0 Å². The van der Waals surface area contributed by atoms with Crippen LogP contribution in [0.3, 0.4) is 0 Å². The van der Waals surface area contributed by atoms with Crippen LogP contribution >= 0.6 is 0 Å². The van der Waals surface area contributed by atoms with E-state index in [-0.39, 0.29) is 18.2 Å². The van der Waals surface area contributed by atoms with Crippen LogP contribution in [-0.2, 0) is 20.6 Å². The number of nitrogens with zero attached hydrogens (tertiary/aromatic N) is 2. The number of likely N-dealkylation sites (tertiary alicyclic amines) is 1. The second-order valence-electron chi connectivity index (χ2n) is 7.59. The average Bonchev–Trinajstić information content (AvgIpc) is 3.02. The van der Waals surface area contributed by atoms with E-state index >= 15 is 0 Å². The fourth-order valence-electron chi connectivity index (χ4n) is 3.95. The number of ether oxygens (including phenoxy) is 1. The molecule has 2 aliphatic heterocycles. The van der Waals surface area contributed by atoms with E-state index in [9.17, 15) is 13.2 Å². The van der Waals surface area contributed by atoms with Crippen molar-refractivity contribution in [3.63, 3.8) is 0 Å². The summed E-state index contributed by atoms with van der Waals surface area (Å²) >= 11 is 0. The van der Waals surface area contributed by atoms with E-state index in [0.29, 0.717) is 30.1 Å². The minimum absolute atomic E-state index is 0.00150. The summed E-state index contributed by atoms with van der Waals surface area (Å²) in [7, 11) is -3.67. The standard InChI is InChI=1S/C22H26N2O4S/c25-22(23-14-8-1-2-9-15-23)21-16-24(19-12-6-7-13-20(19)28-21)29(26,27)17-18-10-4-3-5-11-18/h3-7,10-13,21H,1-2,8-9,14-17H2. The maximum atomic E-state index is 13.3. The van der Waals surface area contributed by atoms with Crippen LogP contribution in [0.2, 0.25) is 0 Å². The summed E-state index contributed by atoms with van der Waals surface area (Å²) in [6, 6.07) is 16.1. The molecule has 7 heteroatoms. The predicted molar refractivity (Wildman–Crippen MR) is 112 cm³/mol. The maximum absolute atomic E-state index is 13.3. The lowest BCUT2D eigenvalue weighted by Crippen LogP contribution is -2.52. The molecule has 6 nitrogen and oxygen atoms in total. The number of hydrogen-bond acceptors (Lipinski definition) is 4. The molecule has 0 spiro atoms. The molecular formula is C22H26N2O4S. The van der Waals surface area contributed by atoms with Gasteiger partial charge in [0.1, 0.15) is 5.75 Å². The number of carbonyl (C=O) groups is 1. The Morgan fingerprint density at radius 1 is 0.931 bits per heavy atom. The Labute approximate surface area is 172 Å². The van der Waals surface area contributed by atoms with E-state index in [1.807, 2.05) is 23.1 Å². The summed E-state index contributed by atoms with van der Waals surface area (Å²) in [4.78, 5) is 15.0. The zero-order valence-corrected chi connectivity index (χ0v) is 17.2. The Morgan fingerprint density at radius 3 is 2.31 bits per heavy atom. The molecule has 0 aromatic heterocycles. The third kappa shape index (κ3) is 4.40. The number of fused-ring (bicyclic) bond motifs is 1. The van der Waals surface area contributed by atoms with Gasteiger partial charge in [0.2, 0.25) is 10.0 Å². The largest absolute Gasteiger partial charge is 0.476 e. The Balaban J connectivity index is 1.61. The first-order valence-corrected chi connectivity index (χ1v) is 11.7. The molecule has 1 fully saturated rings. The van der Waals surface area contributed by atoms with Gasteiger partial charge in [0, 0.05) is 13.1 Å². The molecule has 1 amide bonds. The molecule has 1 atom stereocenters. The number of hydrogen-bond donors (Lipinski definition) is 0. The highest BCUT2D eigenvalue weighted by molar-refractivity contribution is 7.92. The molecule has 4 rings (SSSR count). The van der Waals surface area contributed by atoms with Crippen LogP contribution in [0.15, 0.2) is 54.6 Å². The molecule has 0 N–H and O–H groups in total. The van der Waals surface area contributed by atoms with Gasteiger partial charge >= 0.3 is 0 Å². The van der Waals surface area contributed by atoms with Crippen LogP contribution in [0.1, 0.15) is 31.2 Å². The maximum Gasteiger partial charge on any atom is 0.265 e. The van der Waals surface area contributed by atoms with Gasteiger partial charge in [-0.2, -0.15) is 0 Å². The van der Waals surface area contributed by atoms with E-state index in [1.165, 1.54) is 4.31 Å². The molecular weight excluding hydrogens is 388 g/mol. The van der Waals surface area contributed by atoms with Crippen molar-refractivity contribution in [1.82, 2.24) is 4.90 Å². The molecule has 0 bridgehead atoms. The highest BCUT2D eigenvalue weighted by atomic mass is 32.2. The predicted octanol–water partition coefficient (Wildman–Crippen LogP) is 3.19. The van der Waals surface area contributed by atoms with Gasteiger partial charge in [-0.15, -0.1) is 0 Å². The zero-order chi connectivity index (χ0) is 20.3. The summed E-state index contributed by atoms with van der Waals surface area (Å²) in [5.74, 6) is 0.192. The van der Waals surface area contributed by atoms with Gasteiger partial charge < -0.3 is 9.64 Å². The molecule has 2 heterocycles. The van der Waals surface area contributed by atoms with Gasteiger partial charge in [-0.3, -0.25) is 9.10 Å². The first kappa shape index (κ1) is 19.8. The number of amides is 1. The molecule has 1 unspecified atom stereocenters. The summed E-state index contributed by atoms with van der Waals surface area (Å²) in [5.41, 5.74) is 1.20. The Morgan fingerprint density at radius 2 is 1.59 bits per heavy atom. The van der Waals surface area contributed by atoms with Crippen LogP contribution in [0.5, 0.6) is 5.75 Å². The van der Waals surface area contributed by atoms with Crippen LogP contribution in [-0.4, -0.2) is 45.0 Å². The van der Waals surface area contributed by atoms with Gasteiger partial charge in [-0.1, -0.05) is 55.3 Å². The fourth-order valence-corrected chi connectivity index (χ4v) is 5.53. The summed E-state index contributed by atoms with van der Waals surface area (Å²) in [6.45, 7) is 1.41. The number of rotatable bonds is 4. The van der Waals surface area contributed by atoms with Gasteiger partial charge in [-0.05, 0) is 30.5 Å².